The number of allylic oxidation sites excluding steroid dienone is 1. The summed E-state index contributed by atoms with van der Waals surface area (Å²) in [6.07, 6.45) is 8.29. The van der Waals surface area contributed by atoms with Crippen molar-refractivity contribution in [2.75, 3.05) is 7.11 Å². The van der Waals surface area contributed by atoms with E-state index in [1.54, 1.807) is 7.11 Å². The van der Waals surface area contributed by atoms with Crippen LogP contribution < -0.4 is 10.1 Å². The Hall–Kier alpha value is -1.77. The van der Waals surface area contributed by atoms with Crippen molar-refractivity contribution in [2.45, 2.75) is 58.4 Å². The van der Waals surface area contributed by atoms with E-state index >= 15 is 0 Å². The summed E-state index contributed by atoms with van der Waals surface area (Å²) in [7, 11) is 1.65. The standard InChI is InChI=1S/C20H31NO2/c1-5-7-8-9-11-18(10-6-2)20(22)21-16(3)17-12-14-19(23-4)15-13-17/h6,12-16,18H,2,5,7-11H2,1,3-4H3,(H,21,22)/t16-,18?/m1/s1. The SMILES string of the molecule is C=CCC(CCCCCC)C(=O)N[C@H](C)c1ccc(OC)cc1. The van der Waals surface area contributed by atoms with Crippen molar-refractivity contribution in [1.29, 1.82) is 0 Å². The summed E-state index contributed by atoms with van der Waals surface area (Å²) in [6, 6.07) is 7.83. The molecule has 0 saturated heterocycles. The zero-order chi connectivity index (χ0) is 17.1. The number of rotatable bonds is 11. The molecule has 0 aliphatic rings. The van der Waals surface area contributed by atoms with Gasteiger partial charge in [-0.25, -0.2) is 0 Å². The fraction of sp³-hybridized carbons (Fsp3) is 0.550. The van der Waals surface area contributed by atoms with Crippen molar-refractivity contribution in [1.82, 2.24) is 5.32 Å². The lowest BCUT2D eigenvalue weighted by atomic mass is 9.95. The number of carbonyl (C=O) groups excluding carboxylic acids is 1. The van der Waals surface area contributed by atoms with Gasteiger partial charge in [0.05, 0.1) is 13.2 Å². The van der Waals surface area contributed by atoms with Crippen LogP contribution in [0.2, 0.25) is 0 Å². The molecule has 1 N–H and O–H groups in total. The molecule has 0 spiro atoms. The fourth-order valence-electron chi connectivity index (χ4n) is 2.68. The number of benzene rings is 1. The summed E-state index contributed by atoms with van der Waals surface area (Å²) >= 11 is 0. The van der Waals surface area contributed by atoms with E-state index < -0.39 is 0 Å². The fourth-order valence-corrected chi connectivity index (χ4v) is 2.68. The number of unbranched alkanes of at least 4 members (excludes halogenated alkanes) is 3. The summed E-state index contributed by atoms with van der Waals surface area (Å²) in [6.45, 7) is 8.00. The van der Waals surface area contributed by atoms with Crippen molar-refractivity contribution in [2.24, 2.45) is 5.92 Å². The smallest absolute Gasteiger partial charge is 0.223 e. The molecule has 23 heavy (non-hydrogen) atoms. The molecule has 0 aromatic heterocycles. The summed E-state index contributed by atoms with van der Waals surface area (Å²) < 4.78 is 5.17. The zero-order valence-corrected chi connectivity index (χ0v) is 14.8. The summed E-state index contributed by atoms with van der Waals surface area (Å²) in [5.41, 5.74) is 1.09. The van der Waals surface area contributed by atoms with E-state index in [-0.39, 0.29) is 17.9 Å². The van der Waals surface area contributed by atoms with Gasteiger partial charge in [0, 0.05) is 5.92 Å². The van der Waals surface area contributed by atoms with E-state index in [0.29, 0.717) is 0 Å². The van der Waals surface area contributed by atoms with Crippen LogP contribution in [0.5, 0.6) is 5.75 Å². The molecule has 1 aromatic rings. The average Bonchev–Trinajstić information content (AvgIpc) is 2.57. The highest BCUT2D eigenvalue weighted by Crippen LogP contribution is 2.20. The van der Waals surface area contributed by atoms with Crippen LogP contribution in [0.25, 0.3) is 0 Å². The predicted molar refractivity (Wildman–Crippen MR) is 96.6 cm³/mol. The van der Waals surface area contributed by atoms with Gasteiger partial charge in [0.1, 0.15) is 5.75 Å². The second kappa shape index (κ2) is 10.9. The minimum absolute atomic E-state index is 0.00337. The van der Waals surface area contributed by atoms with Crippen molar-refractivity contribution < 1.29 is 9.53 Å². The third kappa shape index (κ3) is 6.89. The van der Waals surface area contributed by atoms with Gasteiger partial charge in [-0.05, 0) is 37.5 Å². The average molecular weight is 317 g/mol. The van der Waals surface area contributed by atoms with Crippen molar-refractivity contribution in [3.8, 4) is 5.75 Å². The lowest BCUT2D eigenvalue weighted by Crippen LogP contribution is -2.32. The molecule has 0 fully saturated rings. The topological polar surface area (TPSA) is 38.3 Å². The van der Waals surface area contributed by atoms with Crippen LogP contribution >= 0.6 is 0 Å². The van der Waals surface area contributed by atoms with Gasteiger partial charge < -0.3 is 10.1 Å². The number of hydrogen-bond donors (Lipinski definition) is 1. The van der Waals surface area contributed by atoms with Crippen LogP contribution in [0.1, 0.15) is 64.0 Å². The van der Waals surface area contributed by atoms with Gasteiger partial charge >= 0.3 is 0 Å². The Morgan fingerprint density at radius 1 is 1.26 bits per heavy atom. The van der Waals surface area contributed by atoms with Gasteiger partial charge in [0.25, 0.3) is 0 Å². The highest BCUT2D eigenvalue weighted by molar-refractivity contribution is 5.79. The number of carbonyl (C=O) groups is 1. The predicted octanol–water partition coefficient (Wildman–Crippen LogP) is 5.04. The molecule has 0 aliphatic carbocycles. The molecule has 3 nitrogen and oxygen atoms in total. The van der Waals surface area contributed by atoms with Crippen LogP contribution in [0, 0.1) is 5.92 Å². The maximum atomic E-state index is 12.5. The van der Waals surface area contributed by atoms with Gasteiger partial charge in [-0.1, -0.05) is 50.8 Å². The van der Waals surface area contributed by atoms with E-state index in [4.69, 9.17) is 4.74 Å². The first-order chi connectivity index (χ1) is 11.1. The molecule has 128 valence electrons. The Morgan fingerprint density at radius 2 is 1.96 bits per heavy atom. The monoisotopic (exact) mass is 317 g/mol. The Bertz CT molecular complexity index is 467. The summed E-state index contributed by atoms with van der Waals surface area (Å²) in [5, 5.41) is 3.13. The molecule has 1 amide bonds. The maximum Gasteiger partial charge on any atom is 0.223 e. The van der Waals surface area contributed by atoms with Crippen molar-refractivity contribution >= 4 is 5.91 Å². The normalized spacial score (nSPS) is 13.2. The minimum Gasteiger partial charge on any atom is -0.497 e. The van der Waals surface area contributed by atoms with Crippen LogP contribution in [0.15, 0.2) is 36.9 Å². The first-order valence-corrected chi connectivity index (χ1v) is 8.67. The van der Waals surface area contributed by atoms with E-state index in [2.05, 4.69) is 18.8 Å². The third-order valence-electron chi connectivity index (χ3n) is 4.20. The Labute approximate surface area is 141 Å². The lowest BCUT2D eigenvalue weighted by Gasteiger charge is -2.20. The number of ether oxygens (including phenoxy) is 1. The highest BCUT2D eigenvalue weighted by atomic mass is 16.5. The Kier molecular flexibility index (Phi) is 9.11. The van der Waals surface area contributed by atoms with Crippen LogP contribution in [0.3, 0.4) is 0 Å². The molecule has 0 bridgehead atoms. The Balaban J connectivity index is 2.55. The molecule has 2 atom stereocenters. The molecule has 1 aromatic carbocycles. The van der Waals surface area contributed by atoms with Crippen LogP contribution in [-0.4, -0.2) is 13.0 Å². The van der Waals surface area contributed by atoms with E-state index in [1.807, 2.05) is 37.3 Å². The Morgan fingerprint density at radius 3 is 2.52 bits per heavy atom. The molecule has 0 saturated carbocycles. The largest absolute Gasteiger partial charge is 0.497 e. The molecule has 0 radical (unpaired) electrons. The maximum absolute atomic E-state index is 12.5. The number of amides is 1. The van der Waals surface area contributed by atoms with Gasteiger partial charge in [-0.15, -0.1) is 6.58 Å². The third-order valence-corrected chi connectivity index (χ3v) is 4.20. The summed E-state index contributed by atoms with van der Waals surface area (Å²) in [4.78, 5) is 12.5. The molecule has 0 aliphatic heterocycles. The van der Waals surface area contributed by atoms with Crippen LogP contribution in [0.4, 0.5) is 0 Å². The van der Waals surface area contributed by atoms with Crippen molar-refractivity contribution in [3.63, 3.8) is 0 Å². The number of hydrogen-bond acceptors (Lipinski definition) is 2. The number of methoxy groups -OCH3 is 1. The molecule has 1 rings (SSSR count). The van der Waals surface area contributed by atoms with Gasteiger partial charge in [0.2, 0.25) is 5.91 Å². The van der Waals surface area contributed by atoms with Gasteiger partial charge in [-0.3, -0.25) is 4.79 Å². The highest BCUT2D eigenvalue weighted by Gasteiger charge is 2.19. The first kappa shape index (κ1) is 19.3. The van der Waals surface area contributed by atoms with Gasteiger partial charge in [-0.2, -0.15) is 0 Å². The van der Waals surface area contributed by atoms with Crippen LogP contribution in [-0.2, 0) is 4.79 Å². The van der Waals surface area contributed by atoms with Gasteiger partial charge in [0.15, 0.2) is 0 Å². The van der Waals surface area contributed by atoms with E-state index in [0.717, 1.165) is 30.6 Å². The molecule has 1 unspecified atom stereocenters. The quantitative estimate of drug-likeness (QED) is 0.459. The summed E-state index contributed by atoms with van der Waals surface area (Å²) in [5.74, 6) is 0.988. The molecular formula is C20H31NO2. The van der Waals surface area contributed by atoms with Crippen molar-refractivity contribution in [3.05, 3.63) is 42.5 Å². The molecule has 0 heterocycles. The minimum atomic E-state index is -0.00337. The first-order valence-electron chi connectivity index (χ1n) is 8.67. The molecular weight excluding hydrogens is 286 g/mol. The molecule has 3 heteroatoms. The zero-order valence-electron chi connectivity index (χ0n) is 14.8. The van der Waals surface area contributed by atoms with E-state index in [1.165, 1.54) is 19.3 Å². The van der Waals surface area contributed by atoms with E-state index in [9.17, 15) is 4.79 Å². The second-order valence-corrected chi connectivity index (χ2v) is 6.07. The second-order valence-electron chi connectivity index (χ2n) is 6.07. The number of nitrogens with one attached hydrogen (secondary N) is 1. The lowest BCUT2D eigenvalue weighted by molar-refractivity contribution is -0.125.